The highest BCUT2D eigenvalue weighted by atomic mass is 35.5. The van der Waals surface area contributed by atoms with Gasteiger partial charge in [0.2, 0.25) is 0 Å². The third-order valence-corrected chi connectivity index (χ3v) is 4.09. The molecule has 29 heavy (non-hydrogen) atoms. The summed E-state index contributed by atoms with van der Waals surface area (Å²) in [4.78, 5) is 22.1. The number of hydroxylamine groups is 2. The van der Waals surface area contributed by atoms with E-state index in [4.69, 9.17) is 32.8 Å². The lowest BCUT2D eigenvalue weighted by molar-refractivity contribution is -0.218. The van der Waals surface area contributed by atoms with Crippen molar-refractivity contribution in [3.63, 3.8) is 0 Å². The second kappa shape index (κ2) is 10.1. The molecule has 2 rings (SSSR count). The van der Waals surface area contributed by atoms with Crippen molar-refractivity contribution in [3.8, 4) is 0 Å². The van der Waals surface area contributed by atoms with Gasteiger partial charge < -0.3 is 14.9 Å². The van der Waals surface area contributed by atoms with Crippen LogP contribution in [0, 0.1) is 0 Å². The Morgan fingerprint density at radius 1 is 1.38 bits per heavy atom. The molecule has 0 spiro atoms. The molecular formula is C17H18Cl2F3N3O4. The Balaban J connectivity index is 2.06. The Morgan fingerprint density at radius 2 is 2.03 bits per heavy atom. The van der Waals surface area contributed by atoms with E-state index in [1.165, 1.54) is 13.2 Å². The van der Waals surface area contributed by atoms with Gasteiger partial charge >= 0.3 is 6.18 Å². The number of ether oxygens (including phenoxy) is 1. The second-order valence-electron chi connectivity index (χ2n) is 5.85. The molecule has 7 nitrogen and oxygen atoms in total. The van der Waals surface area contributed by atoms with Gasteiger partial charge in [0, 0.05) is 12.7 Å². The predicted octanol–water partition coefficient (Wildman–Crippen LogP) is 3.47. The predicted molar refractivity (Wildman–Crippen MR) is 99.8 cm³/mol. The average Bonchev–Trinajstić information content (AvgIpc) is 3.17. The first kappa shape index (κ1) is 23.3. The minimum absolute atomic E-state index is 0.00856. The van der Waals surface area contributed by atoms with Crippen LogP contribution in [0.1, 0.15) is 18.1 Å². The molecule has 160 valence electrons. The molecule has 0 radical (unpaired) electrons. The smallest absolute Gasteiger partial charge is 0.372 e. The Morgan fingerprint density at radius 3 is 2.55 bits per heavy atom. The van der Waals surface area contributed by atoms with Crippen molar-refractivity contribution in [3.05, 3.63) is 46.0 Å². The highest BCUT2D eigenvalue weighted by Crippen LogP contribution is 2.24. The third-order valence-electron chi connectivity index (χ3n) is 3.78. The van der Waals surface area contributed by atoms with E-state index in [2.05, 4.69) is 15.3 Å². The molecule has 1 N–H and O–H groups in total. The zero-order valence-electron chi connectivity index (χ0n) is 15.4. The van der Waals surface area contributed by atoms with Crippen LogP contribution in [0.25, 0.3) is 0 Å². The van der Waals surface area contributed by atoms with Crippen molar-refractivity contribution in [2.24, 2.45) is 5.16 Å². The molecule has 0 fully saturated rings. The molecule has 1 aliphatic rings. The highest BCUT2D eigenvalue weighted by molar-refractivity contribution is 6.55. The highest BCUT2D eigenvalue weighted by Gasteiger charge is 2.45. The number of amidine groups is 1. The van der Waals surface area contributed by atoms with E-state index in [0.717, 1.165) is 5.06 Å². The normalized spacial score (nSPS) is 17.1. The van der Waals surface area contributed by atoms with Crippen molar-refractivity contribution in [1.29, 1.82) is 0 Å². The lowest BCUT2D eigenvalue weighted by atomic mass is 10.1. The van der Waals surface area contributed by atoms with Gasteiger partial charge in [0.25, 0.3) is 12.1 Å². The topological polar surface area (TPSA) is 72.4 Å². The van der Waals surface area contributed by atoms with Gasteiger partial charge in [-0.15, -0.1) is 0 Å². The number of benzene rings is 1. The van der Waals surface area contributed by atoms with E-state index in [1.807, 2.05) is 0 Å². The van der Waals surface area contributed by atoms with E-state index in [9.17, 15) is 18.0 Å². The van der Waals surface area contributed by atoms with E-state index in [1.54, 1.807) is 31.2 Å². The van der Waals surface area contributed by atoms with Gasteiger partial charge in [-0.05, 0) is 18.6 Å². The number of hydrogen-bond donors (Lipinski definition) is 1. The lowest BCUT2D eigenvalue weighted by Gasteiger charge is -2.24. The number of amides is 1. The van der Waals surface area contributed by atoms with Crippen LogP contribution in [0.3, 0.4) is 0 Å². The van der Waals surface area contributed by atoms with Crippen LogP contribution in [0.2, 0.25) is 0 Å². The number of hydrogen-bond acceptors (Lipinski definition) is 6. The van der Waals surface area contributed by atoms with Crippen molar-refractivity contribution in [1.82, 2.24) is 10.4 Å². The molecule has 2 unspecified atom stereocenters. The van der Waals surface area contributed by atoms with Gasteiger partial charge in [0.15, 0.2) is 5.84 Å². The van der Waals surface area contributed by atoms with E-state index in [-0.39, 0.29) is 23.5 Å². The standard InChI is InChI=1S/C17H18Cl2F3N3O4/c1-10(27-2)15(26)25(28-8-7-13(18)19)9-11-3-5-12(6-4-11)14-23-16(29-24-14)17(20,21)22/h3-7,10,16H,8-9H2,1-2H3,(H,23,24). The van der Waals surface area contributed by atoms with Crippen LogP contribution in [0.5, 0.6) is 0 Å². The number of methoxy groups -OCH3 is 1. The number of carbonyl (C=O) groups is 1. The fourth-order valence-electron chi connectivity index (χ4n) is 2.17. The monoisotopic (exact) mass is 455 g/mol. The largest absolute Gasteiger partial charge is 0.448 e. The summed E-state index contributed by atoms with van der Waals surface area (Å²) in [5.41, 5.74) is 1.04. The van der Waals surface area contributed by atoms with Crippen LogP contribution >= 0.6 is 23.2 Å². The molecule has 1 heterocycles. The number of halogens is 5. The van der Waals surface area contributed by atoms with Gasteiger partial charge in [0.1, 0.15) is 10.6 Å². The first-order valence-electron chi connectivity index (χ1n) is 8.26. The SMILES string of the molecule is COC(C)C(=O)N(Cc1ccc(C2=NOC(C(F)(F)F)N2)cc1)OCC=C(Cl)Cl. The molecule has 1 amide bonds. The Kier molecular flexibility index (Phi) is 8.14. The summed E-state index contributed by atoms with van der Waals surface area (Å²) in [6.45, 7) is 1.58. The fourth-order valence-corrected chi connectivity index (χ4v) is 2.30. The van der Waals surface area contributed by atoms with Crippen molar-refractivity contribution in [2.45, 2.75) is 32.0 Å². The van der Waals surface area contributed by atoms with Crippen molar-refractivity contribution >= 4 is 34.9 Å². The molecular weight excluding hydrogens is 438 g/mol. The summed E-state index contributed by atoms with van der Waals surface area (Å²) in [7, 11) is 1.39. The van der Waals surface area contributed by atoms with E-state index >= 15 is 0 Å². The molecule has 1 aromatic carbocycles. The van der Waals surface area contributed by atoms with Crippen molar-refractivity contribution in [2.75, 3.05) is 13.7 Å². The Bertz CT molecular complexity index is 768. The minimum Gasteiger partial charge on any atom is -0.372 e. The molecule has 1 aliphatic heterocycles. The number of rotatable bonds is 8. The maximum atomic E-state index is 12.6. The number of carbonyl (C=O) groups excluding carboxylic acids is 1. The fraction of sp³-hybridized carbons (Fsp3) is 0.412. The molecule has 0 saturated heterocycles. The zero-order chi connectivity index (χ0) is 21.6. The van der Waals surface area contributed by atoms with Gasteiger partial charge in [-0.1, -0.05) is 52.6 Å². The first-order valence-corrected chi connectivity index (χ1v) is 9.02. The number of oxime groups is 1. The summed E-state index contributed by atoms with van der Waals surface area (Å²) in [6.07, 6.45) is -6.15. The summed E-state index contributed by atoms with van der Waals surface area (Å²) < 4.78 is 42.9. The molecule has 12 heteroatoms. The van der Waals surface area contributed by atoms with Gasteiger partial charge in [-0.2, -0.15) is 13.2 Å². The average molecular weight is 456 g/mol. The number of nitrogens with one attached hydrogen (secondary N) is 1. The second-order valence-corrected chi connectivity index (χ2v) is 6.86. The molecule has 0 saturated carbocycles. The first-order chi connectivity index (χ1) is 13.6. The molecule has 1 aromatic rings. The maximum Gasteiger partial charge on any atom is 0.448 e. The van der Waals surface area contributed by atoms with Crippen molar-refractivity contribution < 1.29 is 32.4 Å². The van der Waals surface area contributed by atoms with Crippen LogP contribution < -0.4 is 5.32 Å². The summed E-state index contributed by atoms with van der Waals surface area (Å²) >= 11 is 11.1. The Labute approximate surface area is 174 Å². The van der Waals surface area contributed by atoms with E-state index < -0.39 is 24.4 Å². The zero-order valence-corrected chi connectivity index (χ0v) is 16.9. The van der Waals surface area contributed by atoms with Crippen LogP contribution in [-0.2, 0) is 25.8 Å². The summed E-state index contributed by atoms with van der Waals surface area (Å²) in [5.74, 6) is -0.475. The number of alkyl halides is 3. The third kappa shape index (κ3) is 6.77. The molecule has 0 aliphatic carbocycles. The van der Waals surface area contributed by atoms with Gasteiger partial charge in [-0.25, -0.2) is 5.06 Å². The van der Waals surface area contributed by atoms with Gasteiger partial charge in [0.05, 0.1) is 13.2 Å². The Hall–Kier alpha value is -2.01. The molecule has 0 bridgehead atoms. The number of nitrogens with zero attached hydrogens (tertiary/aromatic N) is 2. The van der Waals surface area contributed by atoms with E-state index in [0.29, 0.717) is 11.1 Å². The summed E-state index contributed by atoms with van der Waals surface area (Å²) in [6, 6.07) is 6.32. The lowest BCUT2D eigenvalue weighted by Crippen LogP contribution is -2.41. The quantitative estimate of drug-likeness (QED) is 0.607. The van der Waals surface area contributed by atoms with Crippen LogP contribution in [0.15, 0.2) is 40.0 Å². The summed E-state index contributed by atoms with van der Waals surface area (Å²) in [5, 5.41) is 6.65. The maximum absolute atomic E-state index is 12.6. The minimum atomic E-state index is -4.58. The molecule has 0 aromatic heterocycles. The van der Waals surface area contributed by atoms with Crippen LogP contribution in [0.4, 0.5) is 13.2 Å². The molecule has 2 atom stereocenters. The van der Waals surface area contributed by atoms with Gasteiger partial charge in [-0.3, -0.25) is 9.63 Å². The van der Waals surface area contributed by atoms with Crippen LogP contribution in [-0.4, -0.2) is 49.0 Å².